The molecule has 0 aliphatic heterocycles. The maximum Gasteiger partial charge on any atom is 0.220 e. The molecule has 2 heterocycles. The van der Waals surface area contributed by atoms with E-state index in [9.17, 15) is 4.79 Å². The largest absolute Gasteiger partial charge is 0.356 e. The van der Waals surface area contributed by atoms with Crippen LogP contribution in [0.2, 0.25) is 5.02 Å². The fourth-order valence-corrected chi connectivity index (χ4v) is 4.58. The van der Waals surface area contributed by atoms with E-state index in [0.29, 0.717) is 23.3 Å². The quantitative estimate of drug-likeness (QED) is 0.510. The Balaban J connectivity index is 1.29. The lowest BCUT2D eigenvalue weighted by Gasteiger charge is -2.29. The number of aryl methyl sites for hydroxylation is 1. The normalized spacial score (nSPS) is 18.5. The third-order valence-corrected chi connectivity index (χ3v) is 6.39. The molecule has 5 heteroatoms. The summed E-state index contributed by atoms with van der Waals surface area (Å²) in [7, 11) is 0. The Morgan fingerprint density at radius 1 is 1.03 bits per heavy atom. The summed E-state index contributed by atoms with van der Waals surface area (Å²) >= 11 is 6.25. The first-order valence-corrected chi connectivity index (χ1v) is 11.4. The van der Waals surface area contributed by atoms with Crippen molar-refractivity contribution in [1.29, 1.82) is 0 Å². The van der Waals surface area contributed by atoms with Gasteiger partial charge in [-0.1, -0.05) is 41.9 Å². The van der Waals surface area contributed by atoms with Crippen LogP contribution in [0.3, 0.4) is 0 Å². The van der Waals surface area contributed by atoms with Gasteiger partial charge in [0.2, 0.25) is 5.91 Å². The zero-order valence-electron chi connectivity index (χ0n) is 17.6. The first-order chi connectivity index (χ1) is 15.2. The Kier molecular flexibility index (Phi) is 7.31. The maximum atomic E-state index is 12.2. The van der Waals surface area contributed by atoms with Crippen LogP contribution in [0.4, 0.5) is 0 Å². The van der Waals surface area contributed by atoms with Crippen molar-refractivity contribution in [3.05, 3.63) is 83.4 Å². The Morgan fingerprint density at radius 2 is 1.77 bits per heavy atom. The van der Waals surface area contributed by atoms with Gasteiger partial charge >= 0.3 is 0 Å². The SMILES string of the molecule is O=C(CCc1ccccc1)NCC1CCC(c2ncc(Cl)cc2-c2ccncc2)CC1. The minimum atomic E-state index is 0.144. The highest BCUT2D eigenvalue weighted by atomic mass is 35.5. The topological polar surface area (TPSA) is 54.9 Å². The van der Waals surface area contributed by atoms with Gasteiger partial charge in [0, 0.05) is 43.0 Å². The van der Waals surface area contributed by atoms with Crippen LogP contribution in [0.1, 0.15) is 49.3 Å². The van der Waals surface area contributed by atoms with Gasteiger partial charge in [-0.3, -0.25) is 14.8 Å². The van der Waals surface area contributed by atoms with Crippen molar-refractivity contribution in [2.75, 3.05) is 6.54 Å². The second-order valence-corrected chi connectivity index (χ2v) is 8.77. The molecule has 4 nitrogen and oxygen atoms in total. The molecule has 1 N–H and O–H groups in total. The van der Waals surface area contributed by atoms with Crippen molar-refractivity contribution in [2.45, 2.75) is 44.4 Å². The predicted octanol–water partition coefficient (Wildman–Crippen LogP) is 5.82. The number of hydrogen-bond acceptors (Lipinski definition) is 3. The van der Waals surface area contributed by atoms with E-state index >= 15 is 0 Å². The molecule has 1 fully saturated rings. The van der Waals surface area contributed by atoms with E-state index in [1.165, 1.54) is 5.56 Å². The summed E-state index contributed by atoms with van der Waals surface area (Å²) in [5, 5.41) is 3.80. The molecule has 0 bridgehead atoms. The summed E-state index contributed by atoms with van der Waals surface area (Å²) in [6, 6.07) is 16.2. The number of aromatic nitrogens is 2. The molecule has 0 atom stereocenters. The van der Waals surface area contributed by atoms with Gasteiger partial charge in [0.05, 0.1) is 10.7 Å². The first-order valence-electron chi connectivity index (χ1n) is 11.1. The van der Waals surface area contributed by atoms with Crippen LogP contribution in [0.25, 0.3) is 11.1 Å². The van der Waals surface area contributed by atoms with Crippen LogP contribution in [0.15, 0.2) is 67.1 Å². The van der Waals surface area contributed by atoms with Crippen LogP contribution in [0, 0.1) is 5.92 Å². The molecule has 0 spiro atoms. The minimum Gasteiger partial charge on any atom is -0.356 e. The molecule has 0 unspecified atom stereocenters. The molecule has 1 amide bonds. The monoisotopic (exact) mass is 433 g/mol. The molecule has 1 aromatic carbocycles. The summed E-state index contributed by atoms with van der Waals surface area (Å²) in [5.41, 5.74) is 4.54. The summed E-state index contributed by atoms with van der Waals surface area (Å²) < 4.78 is 0. The minimum absolute atomic E-state index is 0.144. The average molecular weight is 434 g/mol. The van der Waals surface area contributed by atoms with Crippen LogP contribution in [0.5, 0.6) is 0 Å². The van der Waals surface area contributed by atoms with Gasteiger partial charge in [0.1, 0.15) is 0 Å². The Hall–Kier alpha value is -2.72. The third kappa shape index (κ3) is 5.92. The van der Waals surface area contributed by atoms with Gasteiger partial charge in [0.15, 0.2) is 0 Å². The molecule has 2 aromatic heterocycles. The lowest BCUT2D eigenvalue weighted by atomic mass is 9.78. The van der Waals surface area contributed by atoms with Crippen LogP contribution in [-0.2, 0) is 11.2 Å². The first kappa shape index (κ1) is 21.5. The van der Waals surface area contributed by atoms with E-state index in [1.807, 2.05) is 36.4 Å². The van der Waals surface area contributed by atoms with Crippen molar-refractivity contribution < 1.29 is 4.79 Å². The van der Waals surface area contributed by atoms with Crippen LogP contribution in [-0.4, -0.2) is 22.4 Å². The second kappa shape index (κ2) is 10.5. The Labute approximate surface area is 189 Å². The predicted molar refractivity (Wildman–Crippen MR) is 125 cm³/mol. The van der Waals surface area contributed by atoms with Crippen molar-refractivity contribution in [3.8, 4) is 11.1 Å². The molecule has 3 aromatic rings. The molecule has 1 aliphatic rings. The van der Waals surface area contributed by atoms with Gasteiger partial charge < -0.3 is 5.32 Å². The van der Waals surface area contributed by atoms with Gasteiger partial charge in [0.25, 0.3) is 0 Å². The van der Waals surface area contributed by atoms with Crippen molar-refractivity contribution in [2.24, 2.45) is 5.92 Å². The Bertz CT molecular complexity index is 986. The van der Waals surface area contributed by atoms with E-state index in [4.69, 9.17) is 16.6 Å². The lowest BCUT2D eigenvalue weighted by molar-refractivity contribution is -0.121. The summed E-state index contributed by atoms with van der Waals surface area (Å²) in [4.78, 5) is 21.1. The summed E-state index contributed by atoms with van der Waals surface area (Å²) in [6.45, 7) is 0.769. The van der Waals surface area contributed by atoms with Gasteiger partial charge in [-0.05, 0) is 67.3 Å². The van der Waals surface area contributed by atoms with E-state index in [-0.39, 0.29) is 5.91 Å². The van der Waals surface area contributed by atoms with Crippen LogP contribution >= 0.6 is 11.6 Å². The zero-order chi connectivity index (χ0) is 21.5. The molecule has 1 saturated carbocycles. The fraction of sp³-hybridized carbons (Fsp3) is 0.346. The van der Waals surface area contributed by atoms with Gasteiger partial charge in [-0.25, -0.2) is 0 Å². The van der Waals surface area contributed by atoms with E-state index in [0.717, 1.165) is 55.5 Å². The standard InChI is InChI=1S/C26H28ClN3O/c27-23-16-24(21-12-14-28-15-13-21)26(30-18-23)22-9-6-20(7-10-22)17-29-25(31)11-8-19-4-2-1-3-5-19/h1-5,12-16,18,20,22H,6-11,17H2,(H,29,31). The number of pyridine rings is 2. The number of carbonyl (C=O) groups excluding carboxylic acids is 1. The van der Waals surface area contributed by atoms with Crippen molar-refractivity contribution >= 4 is 17.5 Å². The van der Waals surface area contributed by atoms with Gasteiger partial charge in [-0.2, -0.15) is 0 Å². The smallest absolute Gasteiger partial charge is 0.220 e. The summed E-state index contributed by atoms with van der Waals surface area (Å²) in [6.07, 6.45) is 11.1. The lowest BCUT2D eigenvalue weighted by Crippen LogP contribution is -2.31. The highest BCUT2D eigenvalue weighted by molar-refractivity contribution is 6.30. The number of amides is 1. The molecule has 160 valence electrons. The number of hydrogen-bond donors (Lipinski definition) is 1. The molecule has 0 saturated heterocycles. The average Bonchev–Trinajstić information content (AvgIpc) is 2.83. The number of halogens is 1. The fourth-order valence-electron chi connectivity index (χ4n) is 4.43. The number of carbonyl (C=O) groups is 1. The number of nitrogens with zero attached hydrogens (tertiary/aromatic N) is 2. The highest BCUT2D eigenvalue weighted by Crippen LogP contribution is 2.39. The highest BCUT2D eigenvalue weighted by Gasteiger charge is 2.26. The number of benzene rings is 1. The number of rotatable bonds is 7. The molecule has 1 aliphatic carbocycles. The summed E-state index contributed by atoms with van der Waals surface area (Å²) in [5.74, 6) is 1.10. The Morgan fingerprint density at radius 3 is 2.52 bits per heavy atom. The van der Waals surface area contributed by atoms with Crippen molar-refractivity contribution in [3.63, 3.8) is 0 Å². The molecule has 31 heavy (non-hydrogen) atoms. The molecular weight excluding hydrogens is 406 g/mol. The molecular formula is C26H28ClN3O. The second-order valence-electron chi connectivity index (χ2n) is 8.33. The molecule has 0 radical (unpaired) electrons. The molecule has 4 rings (SSSR count). The van der Waals surface area contributed by atoms with E-state index < -0.39 is 0 Å². The van der Waals surface area contributed by atoms with Gasteiger partial charge in [-0.15, -0.1) is 0 Å². The van der Waals surface area contributed by atoms with Crippen molar-refractivity contribution in [1.82, 2.24) is 15.3 Å². The number of nitrogens with one attached hydrogen (secondary N) is 1. The third-order valence-electron chi connectivity index (χ3n) is 6.18. The van der Waals surface area contributed by atoms with E-state index in [1.54, 1.807) is 18.6 Å². The van der Waals surface area contributed by atoms with Crippen LogP contribution < -0.4 is 5.32 Å². The van der Waals surface area contributed by atoms with E-state index in [2.05, 4.69) is 22.4 Å². The zero-order valence-corrected chi connectivity index (χ0v) is 18.4. The maximum absolute atomic E-state index is 12.2.